The summed E-state index contributed by atoms with van der Waals surface area (Å²) < 4.78 is 5.04. The summed E-state index contributed by atoms with van der Waals surface area (Å²) in [6.07, 6.45) is 1.16. The normalized spacial score (nSPS) is 25.8. The van der Waals surface area contributed by atoms with E-state index in [9.17, 15) is 9.59 Å². The molecule has 0 radical (unpaired) electrons. The van der Waals surface area contributed by atoms with Gasteiger partial charge in [0.2, 0.25) is 5.91 Å². The summed E-state index contributed by atoms with van der Waals surface area (Å²) in [6.45, 7) is 3.78. The van der Waals surface area contributed by atoms with Crippen LogP contribution in [-0.4, -0.2) is 48.2 Å². The molecule has 1 saturated heterocycles. The molecule has 1 heterocycles. The van der Waals surface area contributed by atoms with Gasteiger partial charge >= 0.3 is 5.97 Å². The Morgan fingerprint density at radius 2 is 2.21 bits per heavy atom. The van der Waals surface area contributed by atoms with Gasteiger partial charge in [-0.2, -0.15) is 0 Å². The smallest absolute Gasteiger partial charge is 0.311 e. The number of carbonyl (C=O) groups is 2. The maximum Gasteiger partial charge on any atom is 0.311 e. The number of ether oxygens (including phenoxy) is 1. The van der Waals surface area contributed by atoms with Crippen molar-refractivity contribution in [1.82, 2.24) is 4.90 Å². The van der Waals surface area contributed by atoms with Crippen LogP contribution in [0.5, 0.6) is 0 Å². The Labute approximate surface area is 82.0 Å². The van der Waals surface area contributed by atoms with E-state index in [4.69, 9.17) is 9.84 Å². The highest BCUT2D eigenvalue weighted by Crippen LogP contribution is 2.18. The predicted octanol–water partition coefficient (Wildman–Crippen LogP) is -0.270. The Bertz CT molecular complexity index is 264. The summed E-state index contributed by atoms with van der Waals surface area (Å²) in [5.41, 5.74) is 0. The highest BCUT2D eigenvalue weighted by Gasteiger charge is 2.37. The van der Waals surface area contributed by atoms with Crippen LogP contribution in [-0.2, 0) is 14.3 Å². The van der Waals surface area contributed by atoms with Gasteiger partial charge in [0.1, 0.15) is 5.92 Å². The van der Waals surface area contributed by atoms with E-state index in [2.05, 4.69) is 6.58 Å². The first-order valence-corrected chi connectivity index (χ1v) is 4.27. The van der Waals surface area contributed by atoms with Crippen molar-refractivity contribution in [2.45, 2.75) is 6.04 Å². The van der Waals surface area contributed by atoms with E-state index < -0.39 is 17.9 Å². The molecule has 78 valence electrons. The number of hydrogen-bond donors (Lipinski definition) is 1. The van der Waals surface area contributed by atoms with E-state index in [1.54, 1.807) is 7.05 Å². The van der Waals surface area contributed by atoms with Crippen LogP contribution in [0, 0.1) is 5.92 Å². The molecule has 1 fully saturated rings. The van der Waals surface area contributed by atoms with Crippen molar-refractivity contribution in [3.63, 3.8) is 0 Å². The molecule has 0 saturated carbocycles. The third-order valence-electron chi connectivity index (χ3n) is 2.39. The van der Waals surface area contributed by atoms with Gasteiger partial charge in [0, 0.05) is 7.05 Å². The molecule has 1 rings (SSSR count). The summed E-state index contributed by atoms with van der Waals surface area (Å²) >= 11 is 0. The first kappa shape index (κ1) is 10.7. The number of aliphatic carboxylic acids is 1. The van der Waals surface area contributed by atoms with E-state index in [1.807, 2.05) is 0 Å². The van der Waals surface area contributed by atoms with Crippen LogP contribution in [0.2, 0.25) is 0 Å². The van der Waals surface area contributed by atoms with Crippen LogP contribution in [0.3, 0.4) is 0 Å². The highest BCUT2D eigenvalue weighted by atomic mass is 16.5. The van der Waals surface area contributed by atoms with Crippen LogP contribution in [0.4, 0.5) is 0 Å². The number of carboxylic acids is 1. The number of amides is 1. The lowest BCUT2D eigenvalue weighted by Gasteiger charge is -2.24. The molecule has 5 nitrogen and oxygen atoms in total. The average Bonchev–Trinajstić information content (AvgIpc) is 2.63. The molecule has 0 bridgehead atoms. The van der Waals surface area contributed by atoms with Crippen LogP contribution < -0.4 is 0 Å². The van der Waals surface area contributed by atoms with Gasteiger partial charge < -0.3 is 14.7 Å². The highest BCUT2D eigenvalue weighted by molar-refractivity contribution is 5.87. The fraction of sp³-hybridized carbons (Fsp3) is 0.556. The number of likely N-dealkylation sites (N-methyl/N-ethyl adjacent to an activating group) is 1. The van der Waals surface area contributed by atoms with Crippen LogP contribution in [0.25, 0.3) is 0 Å². The quantitative estimate of drug-likeness (QED) is 0.635. The molecule has 0 aromatic carbocycles. The van der Waals surface area contributed by atoms with Crippen molar-refractivity contribution in [3.8, 4) is 0 Å². The van der Waals surface area contributed by atoms with Gasteiger partial charge in [0.15, 0.2) is 0 Å². The summed E-state index contributed by atoms with van der Waals surface area (Å²) in [4.78, 5) is 23.4. The number of nitrogens with zero attached hydrogens (tertiary/aromatic N) is 1. The monoisotopic (exact) mass is 199 g/mol. The molecule has 2 unspecified atom stereocenters. The number of hydrogen-bond acceptors (Lipinski definition) is 3. The van der Waals surface area contributed by atoms with Crippen molar-refractivity contribution in [3.05, 3.63) is 12.7 Å². The third kappa shape index (κ3) is 1.93. The van der Waals surface area contributed by atoms with Gasteiger partial charge in [-0.1, -0.05) is 6.58 Å². The Morgan fingerprint density at radius 3 is 2.71 bits per heavy atom. The molecule has 5 heteroatoms. The molecule has 1 aliphatic heterocycles. The largest absolute Gasteiger partial charge is 0.481 e. The van der Waals surface area contributed by atoms with Crippen LogP contribution >= 0.6 is 0 Å². The molecule has 1 amide bonds. The number of carbonyl (C=O) groups excluding carboxylic acids is 1. The van der Waals surface area contributed by atoms with E-state index in [-0.39, 0.29) is 19.1 Å². The van der Waals surface area contributed by atoms with Crippen molar-refractivity contribution >= 4 is 11.9 Å². The SMILES string of the molecule is C=CC(=O)N(C)C1COCC1C(=O)O. The lowest BCUT2D eigenvalue weighted by Crippen LogP contribution is -2.43. The molecular formula is C9H13NO4. The lowest BCUT2D eigenvalue weighted by atomic mass is 10.0. The number of rotatable bonds is 3. The topological polar surface area (TPSA) is 66.8 Å². The van der Waals surface area contributed by atoms with E-state index in [0.29, 0.717) is 0 Å². The molecule has 1 aliphatic rings. The molecule has 0 aliphatic carbocycles. The molecule has 0 aromatic rings. The maximum atomic E-state index is 11.2. The summed E-state index contributed by atoms with van der Waals surface area (Å²) in [5.74, 6) is -1.85. The Kier molecular flexibility index (Phi) is 3.24. The summed E-state index contributed by atoms with van der Waals surface area (Å²) in [5, 5.41) is 8.84. The van der Waals surface area contributed by atoms with Gasteiger partial charge in [-0.15, -0.1) is 0 Å². The van der Waals surface area contributed by atoms with Gasteiger partial charge in [0.25, 0.3) is 0 Å². The zero-order chi connectivity index (χ0) is 10.7. The van der Waals surface area contributed by atoms with Crippen LogP contribution in [0.15, 0.2) is 12.7 Å². The van der Waals surface area contributed by atoms with Gasteiger partial charge in [-0.05, 0) is 6.08 Å². The predicted molar refractivity (Wildman–Crippen MR) is 48.7 cm³/mol. The minimum atomic E-state index is -0.934. The zero-order valence-electron chi connectivity index (χ0n) is 7.97. The zero-order valence-corrected chi connectivity index (χ0v) is 7.97. The maximum absolute atomic E-state index is 11.2. The molecule has 14 heavy (non-hydrogen) atoms. The molecular weight excluding hydrogens is 186 g/mol. The second kappa shape index (κ2) is 4.23. The van der Waals surface area contributed by atoms with Crippen molar-refractivity contribution in [2.75, 3.05) is 20.3 Å². The minimum Gasteiger partial charge on any atom is -0.481 e. The van der Waals surface area contributed by atoms with E-state index in [1.165, 1.54) is 4.90 Å². The third-order valence-corrected chi connectivity index (χ3v) is 2.39. The van der Waals surface area contributed by atoms with Gasteiger partial charge in [-0.3, -0.25) is 9.59 Å². The average molecular weight is 199 g/mol. The fourth-order valence-corrected chi connectivity index (χ4v) is 1.47. The van der Waals surface area contributed by atoms with Crippen LogP contribution in [0.1, 0.15) is 0 Å². The second-order valence-corrected chi connectivity index (χ2v) is 3.20. The Balaban J connectivity index is 2.71. The minimum absolute atomic E-state index is 0.161. The van der Waals surface area contributed by atoms with Gasteiger partial charge in [0.05, 0.1) is 19.3 Å². The van der Waals surface area contributed by atoms with E-state index >= 15 is 0 Å². The fourth-order valence-electron chi connectivity index (χ4n) is 1.47. The molecule has 0 aromatic heterocycles. The van der Waals surface area contributed by atoms with E-state index in [0.717, 1.165) is 6.08 Å². The standard InChI is InChI=1S/C9H13NO4/c1-3-8(11)10(2)7-5-14-4-6(7)9(12)13/h3,6-7H,1,4-5H2,2H3,(H,12,13). The lowest BCUT2D eigenvalue weighted by molar-refractivity contribution is -0.143. The molecule has 2 atom stereocenters. The van der Waals surface area contributed by atoms with Crippen molar-refractivity contribution in [1.29, 1.82) is 0 Å². The first-order valence-electron chi connectivity index (χ1n) is 4.27. The molecule has 1 N–H and O–H groups in total. The van der Waals surface area contributed by atoms with Gasteiger partial charge in [-0.25, -0.2) is 0 Å². The molecule has 0 spiro atoms. The first-order chi connectivity index (χ1) is 6.57. The van der Waals surface area contributed by atoms with Crippen molar-refractivity contribution in [2.24, 2.45) is 5.92 Å². The summed E-state index contributed by atoms with van der Waals surface area (Å²) in [7, 11) is 1.55. The van der Waals surface area contributed by atoms with Crippen molar-refractivity contribution < 1.29 is 19.4 Å². The Hall–Kier alpha value is -1.36. The summed E-state index contributed by atoms with van der Waals surface area (Å²) in [6, 6.07) is -0.391. The second-order valence-electron chi connectivity index (χ2n) is 3.20. The Morgan fingerprint density at radius 1 is 1.57 bits per heavy atom. The number of carboxylic acid groups (broad SMARTS) is 1.